The van der Waals surface area contributed by atoms with E-state index in [1.807, 2.05) is 17.9 Å². The topological polar surface area (TPSA) is 21.1 Å². The van der Waals surface area contributed by atoms with Gasteiger partial charge in [-0.25, -0.2) is 0 Å². The molecule has 0 radical (unpaired) electrons. The molecule has 17 heavy (non-hydrogen) atoms. The van der Waals surface area contributed by atoms with Crippen molar-refractivity contribution in [1.29, 1.82) is 0 Å². The van der Waals surface area contributed by atoms with E-state index in [0.717, 1.165) is 19.5 Å². The molecule has 1 aliphatic heterocycles. The normalized spacial score (nSPS) is 14.8. The lowest BCUT2D eigenvalue weighted by atomic mass is 9.95. The molecule has 1 aliphatic rings. The van der Waals surface area contributed by atoms with Crippen molar-refractivity contribution < 1.29 is 0 Å². The van der Waals surface area contributed by atoms with E-state index in [1.165, 1.54) is 22.4 Å². The Balaban J connectivity index is 1.90. The molecular weight excluding hydrogens is 210 g/mol. The van der Waals surface area contributed by atoms with Crippen LogP contribution in [-0.4, -0.2) is 16.3 Å². The molecule has 0 atom stereocenters. The monoisotopic (exact) mass is 227 g/mol. The third-order valence-corrected chi connectivity index (χ3v) is 3.56. The van der Waals surface area contributed by atoms with E-state index in [9.17, 15) is 0 Å². The number of hydrogen-bond donors (Lipinski definition) is 0. The second kappa shape index (κ2) is 3.91. The highest BCUT2D eigenvalue weighted by atomic mass is 15.3. The fraction of sp³-hybridized carbons (Fsp3) is 0.357. The summed E-state index contributed by atoms with van der Waals surface area (Å²) in [6.45, 7) is 4.30. The Hall–Kier alpha value is -1.77. The van der Waals surface area contributed by atoms with Crippen molar-refractivity contribution in [3.8, 4) is 0 Å². The van der Waals surface area contributed by atoms with Crippen molar-refractivity contribution in [1.82, 2.24) is 9.78 Å². The van der Waals surface area contributed by atoms with E-state index < -0.39 is 0 Å². The predicted octanol–water partition coefficient (Wildman–Crippen LogP) is 2.29. The zero-order chi connectivity index (χ0) is 11.8. The van der Waals surface area contributed by atoms with Gasteiger partial charge in [-0.2, -0.15) is 5.10 Å². The van der Waals surface area contributed by atoms with Gasteiger partial charge in [-0.15, -0.1) is 0 Å². The van der Waals surface area contributed by atoms with Gasteiger partial charge < -0.3 is 4.90 Å². The van der Waals surface area contributed by atoms with Crippen LogP contribution in [0.25, 0.3) is 0 Å². The summed E-state index contributed by atoms with van der Waals surface area (Å²) in [5, 5.41) is 4.24. The Morgan fingerprint density at radius 1 is 1.29 bits per heavy atom. The first-order valence-corrected chi connectivity index (χ1v) is 6.05. The Bertz CT molecular complexity index is 542. The van der Waals surface area contributed by atoms with Crippen molar-refractivity contribution in [2.75, 3.05) is 11.4 Å². The van der Waals surface area contributed by atoms with E-state index in [2.05, 4.69) is 41.3 Å². The molecule has 0 unspecified atom stereocenters. The van der Waals surface area contributed by atoms with Crippen molar-refractivity contribution in [3.63, 3.8) is 0 Å². The van der Waals surface area contributed by atoms with Crippen LogP contribution in [0, 0.1) is 6.92 Å². The molecule has 0 aliphatic carbocycles. The van der Waals surface area contributed by atoms with Gasteiger partial charge in [0.25, 0.3) is 0 Å². The lowest BCUT2D eigenvalue weighted by Crippen LogP contribution is -2.30. The van der Waals surface area contributed by atoms with Gasteiger partial charge >= 0.3 is 0 Å². The van der Waals surface area contributed by atoms with Crippen molar-refractivity contribution in [2.24, 2.45) is 7.05 Å². The van der Waals surface area contributed by atoms with Crippen LogP contribution in [0.5, 0.6) is 0 Å². The first-order valence-electron chi connectivity index (χ1n) is 6.05. The molecule has 3 rings (SSSR count). The Morgan fingerprint density at radius 3 is 2.94 bits per heavy atom. The number of hydrogen-bond acceptors (Lipinski definition) is 2. The number of rotatable bonds is 1. The van der Waals surface area contributed by atoms with Gasteiger partial charge in [-0.3, -0.25) is 4.68 Å². The molecule has 0 N–H and O–H groups in total. The highest BCUT2D eigenvalue weighted by Crippen LogP contribution is 2.25. The molecule has 0 fully saturated rings. The van der Waals surface area contributed by atoms with Crippen LogP contribution in [0.15, 0.2) is 30.6 Å². The second-order valence-corrected chi connectivity index (χ2v) is 4.76. The average molecular weight is 227 g/mol. The molecule has 1 aromatic heterocycles. The zero-order valence-electron chi connectivity index (χ0n) is 10.3. The lowest BCUT2D eigenvalue weighted by Gasteiger charge is -2.30. The summed E-state index contributed by atoms with van der Waals surface area (Å²) in [6, 6.07) is 6.60. The summed E-state index contributed by atoms with van der Waals surface area (Å²) < 4.78 is 1.86. The quantitative estimate of drug-likeness (QED) is 0.745. The molecule has 0 saturated carbocycles. The summed E-state index contributed by atoms with van der Waals surface area (Å²) in [5.74, 6) is 0. The van der Waals surface area contributed by atoms with Crippen LogP contribution in [0.2, 0.25) is 0 Å². The smallest absolute Gasteiger partial charge is 0.0755 e. The maximum Gasteiger partial charge on any atom is 0.0755 e. The molecule has 2 heterocycles. The van der Waals surface area contributed by atoms with Crippen molar-refractivity contribution >= 4 is 5.69 Å². The molecule has 0 bridgehead atoms. The highest BCUT2D eigenvalue weighted by molar-refractivity contribution is 5.48. The van der Waals surface area contributed by atoms with E-state index >= 15 is 0 Å². The van der Waals surface area contributed by atoms with E-state index in [-0.39, 0.29) is 0 Å². The van der Waals surface area contributed by atoms with Crippen LogP contribution in [0.4, 0.5) is 5.69 Å². The van der Waals surface area contributed by atoms with E-state index in [0.29, 0.717) is 0 Å². The maximum absolute atomic E-state index is 4.24. The summed E-state index contributed by atoms with van der Waals surface area (Å²) in [6.07, 6.45) is 5.17. The summed E-state index contributed by atoms with van der Waals surface area (Å²) in [5.41, 5.74) is 5.64. The van der Waals surface area contributed by atoms with Crippen LogP contribution >= 0.6 is 0 Å². The third kappa shape index (κ3) is 1.82. The zero-order valence-corrected chi connectivity index (χ0v) is 10.3. The molecule has 0 amide bonds. The van der Waals surface area contributed by atoms with Crippen LogP contribution in [0.1, 0.15) is 16.7 Å². The number of aryl methyl sites for hydroxylation is 2. The Morgan fingerprint density at radius 2 is 2.18 bits per heavy atom. The number of benzene rings is 1. The highest BCUT2D eigenvalue weighted by Gasteiger charge is 2.18. The maximum atomic E-state index is 4.24. The fourth-order valence-corrected chi connectivity index (χ4v) is 2.59. The molecule has 1 aromatic carbocycles. The molecule has 0 spiro atoms. The predicted molar refractivity (Wildman–Crippen MR) is 69.1 cm³/mol. The minimum atomic E-state index is 1.00. The lowest BCUT2D eigenvalue weighted by molar-refractivity contribution is 0.725. The molecule has 88 valence electrons. The second-order valence-electron chi connectivity index (χ2n) is 4.76. The molecular formula is C14H17N3. The summed E-state index contributed by atoms with van der Waals surface area (Å²) in [7, 11) is 1.96. The molecule has 0 saturated heterocycles. The fourth-order valence-electron chi connectivity index (χ4n) is 2.59. The largest absolute Gasteiger partial charge is 0.364 e. The first-order chi connectivity index (χ1) is 8.24. The average Bonchev–Trinajstić information content (AvgIpc) is 2.76. The van der Waals surface area contributed by atoms with Crippen molar-refractivity contribution in [2.45, 2.75) is 19.9 Å². The van der Waals surface area contributed by atoms with E-state index in [4.69, 9.17) is 0 Å². The van der Waals surface area contributed by atoms with Gasteiger partial charge in [-0.1, -0.05) is 18.2 Å². The minimum Gasteiger partial charge on any atom is -0.364 e. The van der Waals surface area contributed by atoms with Gasteiger partial charge in [0.2, 0.25) is 0 Å². The van der Waals surface area contributed by atoms with Gasteiger partial charge in [0.15, 0.2) is 0 Å². The number of fused-ring (bicyclic) bond motifs is 1. The first kappa shape index (κ1) is 10.4. The molecule has 2 aromatic rings. The molecule has 3 nitrogen and oxygen atoms in total. The van der Waals surface area contributed by atoms with Crippen LogP contribution in [-0.2, 0) is 20.0 Å². The van der Waals surface area contributed by atoms with Gasteiger partial charge in [-0.05, 0) is 30.0 Å². The number of anilines is 1. The van der Waals surface area contributed by atoms with Crippen LogP contribution in [0.3, 0.4) is 0 Å². The number of aromatic nitrogens is 2. The molecule has 3 heteroatoms. The summed E-state index contributed by atoms with van der Waals surface area (Å²) in [4.78, 5) is 2.40. The third-order valence-electron chi connectivity index (χ3n) is 3.56. The minimum absolute atomic E-state index is 1.00. The Kier molecular flexibility index (Phi) is 2.39. The van der Waals surface area contributed by atoms with Gasteiger partial charge in [0.05, 0.1) is 11.9 Å². The summed E-state index contributed by atoms with van der Waals surface area (Å²) >= 11 is 0. The SMILES string of the molecule is Cc1cccc2c1CCN(c1cnn(C)c1)C2. The van der Waals surface area contributed by atoms with Gasteiger partial charge in [0, 0.05) is 26.3 Å². The van der Waals surface area contributed by atoms with E-state index in [1.54, 1.807) is 0 Å². The Labute approximate surface area is 102 Å². The number of nitrogens with zero attached hydrogens (tertiary/aromatic N) is 3. The van der Waals surface area contributed by atoms with Crippen LogP contribution < -0.4 is 4.90 Å². The standard InChI is InChI=1S/C14H17N3/c1-11-4-3-5-12-9-17(7-6-14(11)12)13-8-15-16(2)10-13/h3-5,8,10H,6-7,9H2,1-2H3. The van der Waals surface area contributed by atoms with Crippen molar-refractivity contribution in [3.05, 3.63) is 47.3 Å². The van der Waals surface area contributed by atoms with Gasteiger partial charge in [0.1, 0.15) is 0 Å².